The highest BCUT2D eigenvalue weighted by Crippen LogP contribution is 2.40. The summed E-state index contributed by atoms with van der Waals surface area (Å²) in [5.74, 6) is 0.794. The normalized spacial score (nSPS) is 10.4. The number of aromatic nitrogens is 2. The predicted octanol–water partition coefficient (Wildman–Crippen LogP) is 5.66. The molecule has 0 aliphatic rings. The number of ether oxygens (including phenoxy) is 4. The van der Waals surface area contributed by atoms with Crippen molar-refractivity contribution >= 4 is 47.2 Å². The van der Waals surface area contributed by atoms with Gasteiger partial charge >= 0.3 is 5.97 Å². The van der Waals surface area contributed by atoms with E-state index in [1.54, 1.807) is 87.0 Å². The van der Waals surface area contributed by atoms with Crippen molar-refractivity contribution in [3.63, 3.8) is 0 Å². The summed E-state index contributed by atoms with van der Waals surface area (Å²) in [6, 6.07) is 20.6. The maximum absolute atomic E-state index is 14.2. The lowest BCUT2D eigenvalue weighted by molar-refractivity contribution is 0.0591. The molecule has 0 unspecified atom stereocenters. The third kappa shape index (κ3) is 6.83. The van der Waals surface area contributed by atoms with Gasteiger partial charge in [0.25, 0.3) is 5.56 Å². The van der Waals surface area contributed by atoms with Crippen molar-refractivity contribution in [3.8, 4) is 34.1 Å². The first-order valence-electron chi connectivity index (χ1n) is 13.4. The summed E-state index contributed by atoms with van der Waals surface area (Å²) in [7, 11) is 4.37. The van der Waals surface area contributed by atoms with Crippen molar-refractivity contribution < 1.29 is 28.8 Å². The maximum Gasteiger partial charge on any atom is 0.355 e. The van der Waals surface area contributed by atoms with Gasteiger partial charge in [-0.15, -0.1) is 24.8 Å². The Labute approximate surface area is 272 Å². The zero-order valence-electron chi connectivity index (χ0n) is 25.0. The van der Waals surface area contributed by atoms with Gasteiger partial charge in [0, 0.05) is 22.5 Å². The number of anilines is 1. The highest BCUT2D eigenvalue weighted by Gasteiger charge is 2.26. The van der Waals surface area contributed by atoms with Crippen LogP contribution in [0.1, 0.15) is 27.4 Å². The molecule has 236 valence electrons. The van der Waals surface area contributed by atoms with Gasteiger partial charge in [-0.3, -0.25) is 14.3 Å². The number of nitrogens with two attached hydrogens (primary N) is 1. The molecule has 5 aromatic rings. The lowest BCUT2D eigenvalue weighted by Crippen LogP contribution is -2.27. The molecule has 0 saturated heterocycles. The molecule has 0 radical (unpaired) electrons. The van der Waals surface area contributed by atoms with Gasteiger partial charge in [0.2, 0.25) is 0 Å². The summed E-state index contributed by atoms with van der Waals surface area (Å²) >= 11 is 0. The Bertz CT molecular complexity index is 1870. The van der Waals surface area contributed by atoms with Gasteiger partial charge in [-0.2, -0.15) is 0 Å². The lowest BCUT2D eigenvalue weighted by atomic mass is 9.94. The van der Waals surface area contributed by atoms with Gasteiger partial charge in [-0.05, 0) is 84.6 Å². The SMILES string of the molecule is COC(=O)c1c(-c2cc(OC)c(C)c(OC)c2)c2ccc(OCc3cccc(CO)n3)cc2c(=O)n1-c1ccc(N)cc1.Cl.Cl. The van der Waals surface area contributed by atoms with Crippen LogP contribution in [-0.4, -0.2) is 42.0 Å². The van der Waals surface area contributed by atoms with E-state index < -0.39 is 11.5 Å². The molecule has 2 aromatic heterocycles. The summed E-state index contributed by atoms with van der Waals surface area (Å²) < 4.78 is 23.8. The number of benzene rings is 3. The van der Waals surface area contributed by atoms with E-state index in [0.717, 1.165) is 5.56 Å². The van der Waals surface area contributed by atoms with Crippen molar-refractivity contribution in [2.45, 2.75) is 20.1 Å². The van der Waals surface area contributed by atoms with Crippen molar-refractivity contribution in [1.29, 1.82) is 0 Å². The van der Waals surface area contributed by atoms with Crippen LogP contribution in [0.4, 0.5) is 5.69 Å². The van der Waals surface area contributed by atoms with Gasteiger partial charge in [0.05, 0.1) is 44.7 Å². The van der Waals surface area contributed by atoms with Crippen LogP contribution in [0.25, 0.3) is 27.6 Å². The molecule has 0 bridgehead atoms. The molecule has 0 spiro atoms. The highest BCUT2D eigenvalue weighted by molar-refractivity contribution is 6.07. The van der Waals surface area contributed by atoms with Crippen molar-refractivity contribution in [1.82, 2.24) is 9.55 Å². The third-order valence-corrected chi connectivity index (χ3v) is 7.14. The monoisotopic (exact) mass is 653 g/mol. The number of hydrogen-bond acceptors (Lipinski definition) is 9. The Morgan fingerprint density at radius 2 is 1.53 bits per heavy atom. The average molecular weight is 655 g/mol. The number of esters is 1. The lowest BCUT2D eigenvalue weighted by Gasteiger charge is -2.21. The molecule has 0 saturated carbocycles. The first-order valence-corrected chi connectivity index (χ1v) is 13.4. The van der Waals surface area contributed by atoms with Crippen LogP contribution in [0.5, 0.6) is 17.2 Å². The molecular weight excluding hydrogens is 621 g/mol. The minimum absolute atomic E-state index is 0. The summed E-state index contributed by atoms with van der Waals surface area (Å²) in [6.07, 6.45) is 0. The minimum Gasteiger partial charge on any atom is -0.496 e. The number of carbonyl (C=O) groups is 1. The average Bonchev–Trinajstić information content (AvgIpc) is 3.04. The van der Waals surface area contributed by atoms with Crippen LogP contribution in [0.3, 0.4) is 0 Å². The Balaban J connectivity index is 0.00000276. The van der Waals surface area contributed by atoms with Crippen LogP contribution in [0, 0.1) is 6.92 Å². The Kier molecular flexibility index (Phi) is 11.4. The molecule has 2 heterocycles. The molecule has 0 atom stereocenters. The number of aliphatic hydroxyl groups excluding tert-OH is 1. The molecule has 45 heavy (non-hydrogen) atoms. The van der Waals surface area contributed by atoms with E-state index in [1.807, 2.05) is 6.92 Å². The predicted molar refractivity (Wildman–Crippen MR) is 178 cm³/mol. The van der Waals surface area contributed by atoms with Gasteiger partial charge in [-0.25, -0.2) is 4.79 Å². The summed E-state index contributed by atoms with van der Waals surface area (Å²) in [6.45, 7) is 1.80. The van der Waals surface area contributed by atoms with E-state index >= 15 is 0 Å². The second kappa shape index (κ2) is 14.8. The fraction of sp³-hybridized carbons (Fsp3) is 0.182. The van der Waals surface area contributed by atoms with E-state index in [0.29, 0.717) is 61.9 Å². The number of rotatable bonds is 9. The number of carbonyl (C=O) groups excluding carboxylic acids is 1. The highest BCUT2D eigenvalue weighted by atomic mass is 35.5. The van der Waals surface area contributed by atoms with E-state index in [-0.39, 0.29) is 43.7 Å². The van der Waals surface area contributed by atoms with Crippen LogP contribution in [-0.2, 0) is 18.0 Å². The fourth-order valence-electron chi connectivity index (χ4n) is 5.01. The fourth-order valence-corrected chi connectivity index (χ4v) is 5.01. The van der Waals surface area contributed by atoms with Gasteiger partial charge in [-0.1, -0.05) is 6.07 Å². The molecule has 10 nitrogen and oxygen atoms in total. The number of fused-ring (bicyclic) bond motifs is 1. The van der Waals surface area contributed by atoms with Crippen molar-refractivity contribution in [2.24, 2.45) is 0 Å². The molecule has 0 amide bonds. The van der Waals surface area contributed by atoms with E-state index in [1.165, 1.54) is 11.7 Å². The van der Waals surface area contributed by atoms with E-state index in [4.69, 9.17) is 24.7 Å². The molecule has 3 aromatic carbocycles. The summed E-state index contributed by atoms with van der Waals surface area (Å²) in [5.41, 5.74) is 9.36. The molecule has 0 aliphatic heterocycles. The zero-order chi connectivity index (χ0) is 30.7. The second-order valence-electron chi connectivity index (χ2n) is 9.73. The van der Waals surface area contributed by atoms with Gasteiger partial charge < -0.3 is 29.8 Å². The smallest absolute Gasteiger partial charge is 0.355 e. The largest absolute Gasteiger partial charge is 0.496 e. The molecule has 3 N–H and O–H groups in total. The number of aliphatic hydroxyl groups is 1. The van der Waals surface area contributed by atoms with Gasteiger partial charge in [0.1, 0.15) is 29.5 Å². The molecule has 5 rings (SSSR count). The number of nitrogens with zero attached hydrogens (tertiary/aromatic N) is 2. The number of pyridine rings is 2. The number of methoxy groups -OCH3 is 3. The molecule has 0 fully saturated rings. The van der Waals surface area contributed by atoms with Crippen LogP contribution < -0.4 is 25.5 Å². The third-order valence-electron chi connectivity index (χ3n) is 7.14. The second-order valence-corrected chi connectivity index (χ2v) is 9.73. The topological polar surface area (TPSA) is 135 Å². The maximum atomic E-state index is 14.2. The first-order chi connectivity index (χ1) is 20.8. The quantitative estimate of drug-likeness (QED) is 0.152. The Morgan fingerprint density at radius 3 is 2.13 bits per heavy atom. The van der Waals surface area contributed by atoms with Crippen LogP contribution in [0.15, 0.2) is 77.6 Å². The summed E-state index contributed by atoms with van der Waals surface area (Å²) in [5, 5.41) is 10.2. The first kappa shape index (κ1) is 34.7. The zero-order valence-corrected chi connectivity index (χ0v) is 26.7. The van der Waals surface area contributed by atoms with Crippen LogP contribution in [0.2, 0.25) is 0 Å². The molecule has 0 aliphatic carbocycles. The minimum atomic E-state index is -0.709. The van der Waals surface area contributed by atoms with Crippen molar-refractivity contribution in [3.05, 3.63) is 106 Å². The van der Waals surface area contributed by atoms with Gasteiger partial charge in [0.15, 0.2) is 0 Å². The van der Waals surface area contributed by atoms with Crippen LogP contribution >= 0.6 is 24.8 Å². The molecular formula is C33H33Cl2N3O7. The standard InChI is InChI=1S/C33H31N3O7.2ClH/c1-19-28(40-2)14-20(15-29(19)41-3)30-26-13-12-25(43-18-23-7-5-6-22(17-37)35-23)16-27(26)32(38)36(31(30)33(39)42-4)24-10-8-21(34)9-11-24;;/h5-16,37H,17-18,34H2,1-4H3;2*1H. The number of halogens is 2. The number of nitrogen functional groups attached to an aromatic ring is 1. The number of hydrogen-bond donors (Lipinski definition) is 2. The Morgan fingerprint density at radius 1 is 0.889 bits per heavy atom. The van der Waals surface area contributed by atoms with E-state index in [9.17, 15) is 14.7 Å². The van der Waals surface area contributed by atoms with E-state index in [2.05, 4.69) is 4.98 Å². The molecule has 12 heteroatoms. The Hall–Kier alpha value is -4.77. The summed E-state index contributed by atoms with van der Waals surface area (Å²) in [4.78, 5) is 32.1. The van der Waals surface area contributed by atoms with Crippen molar-refractivity contribution in [2.75, 3.05) is 27.1 Å².